The van der Waals surface area contributed by atoms with Crippen molar-refractivity contribution in [1.29, 1.82) is 5.26 Å². The van der Waals surface area contributed by atoms with Gasteiger partial charge < -0.3 is 24.6 Å². The van der Waals surface area contributed by atoms with Crippen molar-refractivity contribution < 1.29 is 20.1 Å². The van der Waals surface area contributed by atoms with Crippen molar-refractivity contribution >= 4 is 29.1 Å². The van der Waals surface area contributed by atoms with E-state index in [2.05, 4.69) is 16.0 Å². The van der Waals surface area contributed by atoms with Gasteiger partial charge in [0.05, 0.1) is 17.6 Å². The Balaban J connectivity index is 0.00000169. The summed E-state index contributed by atoms with van der Waals surface area (Å²) in [5.41, 5.74) is 1.31. The van der Waals surface area contributed by atoms with Crippen molar-refractivity contribution in [3.63, 3.8) is 0 Å². The quantitative estimate of drug-likeness (QED) is 0.572. The summed E-state index contributed by atoms with van der Waals surface area (Å²) in [4.78, 5) is 8.53. The summed E-state index contributed by atoms with van der Waals surface area (Å²) in [7, 11) is 0. The van der Waals surface area contributed by atoms with E-state index in [4.69, 9.17) is 4.74 Å². The molecule has 0 bridgehead atoms. The van der Waals surface area contributed by atoms with Crippen LogP contribution in [0.3, 0.4) is 0 Å². The topological polar surface area (TPSA) is 129 Å². The Morgan fingerprint density at radius 1 is 1.25 bits per heavy atom. The average molecular weight is 352 g/mol. The molecule has 1 aliphatic rings. The highest BCUT2D eigenvalue weighted by atomic mass is 35.5. The molecule has 3 N–H and O–H groups in total. The molecule has 4 atom stereocenters. The summed E-state index contributed by atoms with van der Waals surface area (Å²) in [6, 6.07) is 2.08. The SMILES string of the molecule is Cl.N#Cc1cn([C@@H]2O[C@H](CO)[C@@H](O)[C@H]2O)c2ncn3ccnc3c12. The Morgan fingerprint density at radius 3 is 2.71 bits per heavy atom. The van der Waals surface area contributed by atoms with E-state index in [0.29, 0.717) is 22.2 Å². The lowest BCUT2D eigenvalue weighted by Crippen LogP contribution is -2.33. The third kappa shape index (κ3) is 2.16. The average Bonchev–Trinajstić information content (AvgIpc) is 3.24. The van der Waals surface area contributed by atoms with Crippen LogP contribution in [-0.4, -0.2) is 59.2 Å². The number of ether oxygens (including phenoxy) is 1. The zero-order valence-corrected chi connectivity index (χ0v) is 13.0. The number of nitrogens with zero attached hydrogens (tertiary/aromatic N) is 5. The van der Waals surface area contributed by atoms with E-state index in [-0.39, 0.29) is 12.4 Å². The van der Waals surface area contributed by atoms with E-state index < -0.39 is 31.1 Å². The van der Waals surface area contributed by atoms with Crippen molar-refractivity contribution in [3.8, 4) is 6.07 Å². The van der Waals surface area contributed by atoms with Gasteiger partial charge in [-0.25, -0.2) is 9.97 Å². The van der Waals surface area contributed by atoms with Crippen LogP contribution in [0.1, 0.15) is 11.8 Å². The van der Waals surface area contributed by atoms with E-state index in [1.807, 2.05) is 0 Å². The molecule has 0 aliphatic carbocycles. The highest BCUT2D eigenvalue weighted by Crippen LogP contribution is 2.34. The molecule has 0 unspecified atom stereocenters. The molecule has 0 aromatic carbocycles. The fourth-order valence-corrected chi connectivity index (χ4v) is 2.97. The molecule has 126 valence electrons. The fourth-order valence-electron chi connectivity index (χ4n) is 2.97. The highest BCUT2D eigenvalue weighted by Gasteiger charge is 2.44. The number of rotatable bonds is 2. The zero-order chi connectivity index (χ0) is 16.1. The minimum absolute atomic E-state index is 0. The number of nitriles is 1. The molecule has 9 nitrogen and oxygen atoms in total. The van der Waals surface area contributed by atoms with Crippen molar-refractivity contribution in [2.24, 2.45) is 0 Å². The lowest BCUT2D eigenvalue weighted by Gasteiger charge is -2.17. The predicted octanol–water partition coefficient (Wildman–Crippen LogP) is -0.411. The third-order valence-electron chi connectivity index (χ3n) is 4.11. The first-order chi connectivity index (χ1) is 11.2. The molecule has 4 rings (SSSR count). The monoisotopic (exact) mass is 351 g/mol. The van der Waals surface area contributed by atoms with Crippen LogP contribution in [-0.2, 0) is 4.74 Å². The lowest BCUT2D eigenvalue weighted by atomic mass is 10.1. The molecule has 0 radical (unpaired) electrons. The van der Waals surface area contributed by atoms with Crippen molar-refractivity contribution in [1.82, 2.24) is 18.9 Å². The van der Waals surface area contributed by atoms with Crippen molar-refractivity contribution in [2.45, 2.75) is 24.5 Å². The van der Waals surface area contributed by atoms with Crippen LogP contribution in [0.15, 0.2) is 24.9 Å². The van der Waals surface area contributed by atoms with Gasteiger partial charge in [0.1, 0.15) is 42.0 Å². The smallest absolute Gasteiger partial charge is 0.164 e. The molecule has 10 heteroatoms. The highest BCUT2D eigenvalue weighted by molar-refractivity contribution is 5.95. The van der Waals surface area contributed by atoms with Crippen LogP contribution in [0, 0.1) is 11.3 Å². The normalized spacial score (nSPS) is 26.6. The molecule has 0 saturated carbocycles. The number of hydrogen-bond acceptors (Lipinski definition) is 7. The van der Waals surface area contributed by atoms with Crippen LogP contribution >= 0.6 is 12.4 Å². The van der Waals surface area contributed by atoms with Gasteiger partial charge >= 0.3 is 0 Å². The third-order valence-corrected chi connectivity index (χ3v) is 4.11. The van der Waals surface area contributed by atoms with Gasteiger partial charge in [-0.05, 0) is 0 Å². The summed E-state index contributed by atoms with van der Waals surface area (Å²) in [6.07, 6.45) is 2.06. The summed E-state index contributed by atoms with van der Waals surface area (Å²) < 4.78 is 8.69. The molecule has 3 aromatic rings. The lowest BCUT2D eigenvalue weighted by molar-refractivity contribution is -0.0508. The van der Waals surface area contributed by atoms with Gasteiger partial charge in [-0.15, -0.1) is 12.4 Å². The van der Waals surface area contributed by atoms with Crippen molar-refractivity contribution in [3.05, 3.63) is 30.5 Å². The molecule has 1 aliphatic heterocycles. The molecule has 1 fully saturated rings. The van der Waals surface area contributed by atoms with Crippen LogP contribution in [0.2, 0.25) is 0 Å². The summed E-state index contributed by atoms with van der Waals surface area (Å²) >= 11 is 0. The second kappa shape index (κ2) is 6.01. The van der Waals surface area contributed by atoms with Gasteiger partial charge in [-0.1, -0.05) is 0 Å². The Kier molecular flexibility index (Phi) is 4.16. The predicted molar refractivity (Wildman–Crippen MR) is 83.5 cm³/mol. The standard InChI is InChI=1S/C14H13N5O4.ClH/c15-3-7-4-19(14-11(22)10(21)8(5-20)23-14)13-9(7)12-16-1-2-18(12)6-17-13;/h1-2,4,6,8,10-11,14,20-22H,5H2;1H/t8-,10-,11-,14-;/m1./s1. The Morgan fingerprint density at radius 2 is 2.04 bits per heavy atom. The Hall–Kier alpha value is -2.22. The minimum atomic E-state index is -1.24. The van der Waals surface area contributed by atoms with Crippen LogP contribution in [0.5, 0.6) is 0 Å². The second-order valence-electron chi connectivity index (χ2n) is 5.39. The van der Waals surface area contributed by atoms with Crippen molar-refractivity contribution in [2.75, 3.05) is 6.61 Å². The number of hydrogen-bond donors (Lipinski definition) is 3. The summed E-state index contributed by atoms with van der Waals surface area (Å²) in [5.74, 6) is 0. The van der Waals surface area contributed by atoms with Gasteiger partial charge in [0.2, 0.25) is 0 Å². The molecular weight excluding hydrogens is 338 g/mol. The van der Waals surface area contributed by atoms with E-state index in [0.717, 1.165) is 0 Å². The first-order valence-corrected chi connectivity index (χ1v) is 7.00. The maximum absolute atomic E-state index is 10.2. The zero-order valence-electron chi connectivity index (χ0n) is 12.2. The van der Waals surface area contributed by atoms with Crippen LogP contribution in [0.25, 0.3) is 16.7 Å². The van der Waals surface area contributed by atoms with Gasteiger partial charge in [0, 0.05) is 18.6 Å². The van der Waals surface area contributed by atoms with E-state index >= 15 is 0 Å². The van der Waals surface area contributed by atoms with Crippen LogP contribution < -0.4 is 0 Å². The van der Waals surface area contributed by atoms with E-state index in [1.54, 1.807) is 23.1 Å². The molecular formula is C14H14ClN5O4. The maximum Gasteiger partial charge on any atom is 0.164 e. The molecule has 3 aromatic heterocycles. The number of aromatic nitrogens is 4. The fraction of sp³-hybridized carbons (Fsp3) is 0.357. The number of halogens is 1. The maximum atomic E-state index is 10.2. The second-order valence-corrected chi connectivity index (χ2v) is 5.39. The number of imidazole rings is 1. The first kappa shape index (κ1) is 16.6. The van der Waals surface area contributed by atoms with Crippen LogP contribution in [0.4, 0.5) is 0 Å². The summed E-state index contributed by atoms with van der Waals surface area (Å²) in [5, 5.41) is 39.2. The Bertz CT molecular complexity index is 932. The molecule has 4 heterocycles. The molecule has 0 amide bonds. The van der Waals surface area contributed by atoms with E-state index in [9.17, 15) is 20.6 Å². The van der Waals surface area contributed by atoms with Gasteiger partial charge in [0.25, 0.3) is 0 Å². The van der Waals surface area contributed by atoms with Gasteiger partial charge in [0.15, 0.2) is 6.23 Å². The molecule has 24 heavy (non-hydrogen) atoms. The molecule has 1 saturated heterocycles. The number of fused-ring (bicyclic) bond motifs is 3. The van der Waals surface area contributed by atoms with Gasteiger partial charge in [-0.2, -0.15) is 5.26 Å². The first-order valence-electron chi connectivity index (χ1n) is 7.00. The van der Waals surface area contributed by atoms with Gasteiger partial charge in [-0.3, -0.25) is 4.40 Å². The molecule has 0 spiro atoms. The minimum Gasteiger partial charge on any atom is -0.394 e. The summed E-state index contributed by atoms with van der Waals surface area (Å²) in [6.45, 7) is -0.420. The number of aliphatic hydroxyl groups is 3. The van der Waals surface area contributed by atoms with E-state index in [1.165, 1.54) is 10.8 Å². The number of aliphatic hydroxyl groups excluding tert-OH is 3. The largest absolute Gasteiger partial charge is 0.394 e. The Labute approximate surface area is 141 Å².